The number of imidazole rings is 1. The Labute approximate surface area is 114 Å². The summed E-state index contributed by atoms with van der Waals surface area (Å²) in [5.74, 6) is -0.0908. The quantitative estimate of drug-likeness (QED) is 0.759. The van der Waals surface area contributed by atoms with Gasteiger partial charge in [0.25, 0.3) is 0 Å². The molecule has 0 aliphatic heterocycles. The van der Waals surface area contributed by atoms with Crippen LogP contribution in [-0.2, 0) is 4.74 Å². The van der Waals surface area contributed by atoms with E-state index in [-0.39, 0.29) is 11.7 Å². The summed E-state index contributed by atoms with van der Waals surface area (Å²) in [4.78, 5) is 18.0. The zero-order chi connectivity index (χ0) is 14.4. The van der Waals surface area contributed by atoms with Gasteiger partial charge in [-0.15, -0.1) is 0 Å². The summed E-state index contributed by atoms with van der Waals surface area (Å²) in [6, 6.07) is 0.163. The normalized spacial score (nSPS) is 12.7. The molecule has 1 aromatic heterocycles. The molecule has 108 valence electrons. The lowest BCUT2D eigenvalue weighted by molar-refractivity contribution is 0.0521. The van der Waals surface area contributed by atoms with Crippen LogP contribution < -0.4 is 5.73 Å². The number of hydrogen-bond donors (Lipinski definition) is 1. The van der Waals surface area contributed by atoms with Crippen molar-refractivity contribution in [3.63, 3.8) is 0 Å². The number of hydrogen-bond acceptors (Lipinski definition) is 5. The summed E-state index contributed by atoms with van der Waals surface area (Å²) < 4.78 is 6.74. The smallest absolute Gasteiger partial charge is 0.360 e. The maximum Gasteiger partial charge on any atom is 0.360 e. The molecule has 1 atom stereocenters. The second-order valence-electron chi connectivity index (χ2n) is 4.44. The largest absolute Gasteiger partial charge is 0.461 e. The van der Waals surface area contributed by atoms with Gasteiger partial charge in [-0.2, -0.15) is 0 Å². The maximum atomic E-state index is 11.6. The number of carbonyl (C=O) groups excluding carboxylic acids is 1. The Kier molecular flexibility index (Phi) is 5.82. The van der Waals surface area contributed by atoms with E-state index in [0.29, 0.717) is 12.4 Å². The zero-order valence-corrected chi connectivity index (χ0v) is 12.2. The van der Waals surface area contributed by atoms with Crippen molar-refractivity contribution in [3.8, 4) is 0 Å². The topological polar surface area (TPSA) is 73.4 Å². The molecule has 0 fully saturated rings. The first kappa shape index (κ1) is 15.5. The Balaban J connectivity index is 2.82. The van der Waals surface area contributed by atoms with Gasteiger partial charge in [-0.1, -0.05) is 13.8 Å². The minimum absolute atomic E-state index is 0.163. The molecule has 0 radical (unpaired) electrons. The number of rotatable bonds is 7. The van der Waals surface area contributed by atoms with E-state index in [1.165, 1.54) is 0 Å². The average Bonchev–Trinajstić information content (AvgIpc) is 2.78. The number of anilines is 1. The molecule has 0 saturated heterocycles. The number of ether oxygens (including phenoxy) is 1. The van der Waals surface area contributed by atoms with Crippen molar-refractivity contribution in [1.82, 2.24) is 14.5 Å². The average molecular weight is 268 g/mol. The first-order valence-electron chi connectivity index (χ1n) is 6.76. The Morgan fingerprint density at radius 2 is 2.11 bits per heavy atom. The summed E-state index contributed by atoms with van der Waals surface area (Å²) in [5.41, 5.74) is 6.18. The van der Waals surface area contributed by atoms with Crippen LogP contribution in [0.15, 0.2) is 6.33 Å². The second-order valence-corrected chi connectivity index (χ2v) is 4.44. The van der Waals surface area contributed by atoms with Gasteiger partial charge in [0, 0.05) is 12.6 Å². The first-order valence-corrected chi connectivity index (χ1v) is 6.76. The van der Waals surface area contributed by atoms with Crippen LogP contribution in [0.1, 0.15) is 44.2 Å². The van der Waals surface area contributed by atoms with Crippen LogP contribution in [0, 0.1) is 0 Å². The summed E-state index contributed by atoms with van der Waals surface area (Å²) in [5, 5.41) is 0. The van der Waals surface area contributed by atoms with E-state index in [0.717, 1.165) is 19.6 Å². The molecule has 1 rings (SSSR count). The Hall–Kier alpha value is -1.56. The van der Waals surface area contributed by atoms with E-state index in [1.807, 2.05) is 4.57 Å². The molecule has 6 nitrogen and oxygen atoms in total. The van der Waals surface area contributed by atoms with Gasteiger partial charge in [0.2, 0.25) is 0 Å². The molecule has 1 heterocycles. The number of nitrogen functional groups attached to an aromatic ring is 1. The minimum atomic E-state index is -0.464. The molecular formula is C13H24N4O2. The third-order valence-electron chi connectivity index (χ3n) is 3.19. The first-order chi connectivity index (χ1) is 9.04. The Bertz CT molecular complexity index is 413. The Morgan fingerprint density at radius 3 is 2.63 bits per heavy atom. The molecule has 0 amide bonds. The fraction of sp³-hybridized carbons (Fsp3) is 0.692. The van der Waals surface area contributed by atoms with E-state index < -0.39 is 5.97 Å². The number of aromatic nitrogens is 2. The van der Waals surface area contributed by atoms with Crippen LogP contribution in [0.4, 0.5) is 5.82 Å². The van der Waals surface area contributed by atoms with E-state index >= 15 is 0 Å². The summed E-state index contributed by atoms with van der Waals surface area (Å²) in [6.07, 6.45) is 1.61. The van der Waals surface area contributed by atoms with Crippen LogP contribution in [0.2, 0.25) is 0 Å². The summed E-state index contributed by atoms with van der Waals surface area (Å²) in [6.45, 7) is 11.2. The van der Waals surface area contributed by atoms with Crippen LogP contribution in [0.5, 0.6) is 0 Å². The lowest BCUT2D eigenvalue weighted by atomic mass is 10.3. The Morgan fingerprint density at radius 1 is 1.47 bits per heavy atom. The van der Waals surface area contributed by atoms with Gasteiger partial charge in [-0.25, -0.2) is 9.78 Å². The van der Waals surface area contributed by atoms with E-state index in [1.54, 1.807) is 13.3 Å². The fourth-order valence-corrected chi connectivity index (χ4v) is 2.02. The third kappa shape index (κ3) is 3.70. The van der Waals surface area contributed by atoms with Crippen molar-refractivity contribution in [2.24, 2.45) is 0 Å². The fourth-order valence-electron chi connectivity index (χ4n) is 2.02. The second kappa shape index (κ2) is 7.13. The van der Waals surface area contributed by atoms with Crippen molar-refractivity contribution >= 4 is 11.8 Å². The SMILES string of the molecule is CCOC(=O)c1ncn(C(C)CN(CC)CC)c1N. The molecule has 1 unspecified atom stereocenters. The lowest BCUT2D eigenvalue weighted by Gasteiger charge is -2.24. The molecule has 19 heavy (non-hydrogen) atoms. The number of carbonyl (C=O) groups is 1. The molecule has 0 bridgehead atoms. The molecule has 0 aliphatic carbocycles. The number of likely N-dealkylation sites (N-methyl/N-ethyl adjacent to an activating group) is 1. The minimum Gasteiger partial charge on any atom is -0.461 e. The molecule has 0 aromatic carbocycles. The zero-order valence-electron chi connectivity index (χ0n) is 12.2. The summed E-state index contributed by atoms with van der Waals surface area (Å²) >= 11 is 0. The van der Waals surface area contributed by atoms with Gasteiger partial charge < -0.3 is 19.9 Å². The maximum absolute atomic E-state index is 11.6. The van der Waals surface area contributed by atoms with E-state index in [2.05, 4.69) is 30.7 Å². The highest BCUT2D eigenvalue weighted by molar-refractivity contribution is 5.92. The highest BCUT2D eigenvalue weighted by Crippen LogP contribution is 2.18. The van der Waals surface area contributed by atoms with Crippen molar-refractivity contribution in [2.45, 2.75) is 33.7 Å². The standard InChI is InChI=1S/C13H24N4O2/c1-5-16(6-2)8-10(4)17-9-15-11(12(17)14)13(18)19-7-3/h9-10H,5-8,14H2,1-4H3. The molecule has 0 aliphatic rings. The van der Waals surface area contributed by atoms with Gasteiger partial charge >= 0.3 is 5.97 Å². The molecule has 2 N–H and O–H groups in total. The van der Waals surface area contributed by atoms with Crippen LogP contribution in [-0.4, -0.2) is 46.7 Å². The van der Waals surface area contributed by atoms with E-state index in [4.69, 9.17) is 10.5 Å². The van der Waals surface area contributed by atoms with Gasteiger partial charge in [-0.3, -0.25) is 0 Å². The predicted octanol–water partition coefficient (Wildman–Crippen LogP) is 1.54. The van der Waals surface area contributed by atoms with Crippen molar-refractivity contribution in [3.05, 3.63) is 12.0 Å². The van der Waals surface area contributed by atoms with Crippen LogP contribution >= 0.6 is 0 Å². The number of nitrogens with zero attached hydrogens (tertiary/aromatic N) is 3. The lowest BCUT2D eigenvalue weighted by Crippen LogP contribution is -2.29. The predicted molar refractivity (Wildman–Crippen MR) is 75.1 cm³/mol. The molecule has 0 saturated carbocycles. The third-order valence-corrected chi connectivity index (χ3v) is 3.19. The molecule has 6 heteroatoms. The number of esters is 1. The molecule has 1 aromatic rings. The highest BCUT2D eigenvalue weighted by atomic mass is 16.5. The number of nitrogens with two attached hydrogens (primary N) is 1. The van der Waals surface area contributed by atoms with Gasteiger partial charge in [-0.05, 0) is 26.9 Å². The van der Waals surface area contributed by atoms with Gasteiger partial charge in [0.1, 0.15) is 5.82 Å². The monoisotopic (exact) mass is 268 g/mol. The molecular weight excluding hydrogens is 244 g/mol. The van der Waals surface area contributed by atoms with E-state index in [9.17, 15) is 4.79 Å². The highest BCUT2D eigenvalue weighted by Gasteiger charge is 2.20. The molecule has 0 spiro atoms. The van der Waals surface area contributed by atoms with Crippen molar-refractivity contribution < 1.29 is 9.53 Å². The van der Waals surface area contributed by atoms with Crippen molar-refractivity contribution in [1.29, 1.82) is 0 Å². The van der Waals surface area contributed by atoms with Gasteiger partial charge in [0.15, 0.2) is 5.69 Å². The van der Waals surface area contributed by atoms with Crippen molar-refractivity contribution in [2.75, 3.05) is 32.0 Å². The summed E-state index contributed by atoms with van der Waals surface area (Å²) in [7, 11) is 0. The van der Waals surface area contributed by atoms with Crippen LogP contribution in [0.3, 0.4) is 0 Å². The van der Waals surface area contributed by atoms with Gasteiger partial charge in [0.05, 0.1) is 12.9 Å². The van der Waals surface area contributed by atoms with Crippen LogP contribution in [0.25, 0.3) is 0 Å².